The number of rotatable bonds is 4. The van der Waals surface area contributed by atoms with E-state index in [1.54, 1.807) is 6.20 Å². The average Bonchev–Trinajstić information content (AvgIpc) is 3.27. The minimum atomic E-state index is -0.422. The van der Waals surface area contributed by atoms with E-state index in [0.717, 1.165) is 38.2 Å². The van der Waals surface area contributed by atoms with Gasteiger partial charge in [0.25, 0.3) is 0 Å². The van der Waals surface area contributed by atoms with Gasteiger partial charge in [-0.15, -0.1) is 11.3 Å². The number of H-pyrrole nitrogens is 1. The van der Waals surface area contributed by atoms with Crippen molar-refractivity contribution in [2.75, 3.05) is 13.1 Å². The molecule has 0 spiro atoms. The predicted molar refractivity (Wildman–Crippen MR) is 93.2 cm³/mol. The first kappa shape index (κ1) is 15.4. The molecule has 2 N–H and O–H groups in total. The monoisotopic (exact) mass is 331 g/mol. The molecular formula is C18H25N3OS. The van der Waals surface area contributed by atoms with Crippen molar-refractivity contribution < 1.29 is 5.11 Å². The number of nitrogens with zero attached hydrogens (tertiary/aromatic N) is 2. The maximum absolute atomic E-state index is 10.9. The van der Waals surface area contributed by atoms with E-state index in [-0.39, 0.29) is 0 Å². The Kier molecular flexibility index (Phi) is 4.03. The Morgan fingerprint density at radius 2 is 2.30 bits per heavy atom. The van der Waals surface area contributed by atoms with E-state index >= 15 is 0 Å². The highest BCUT2D eigenvalue weighted by Gasteiger charge is 2.47. The Morgan fingerprint density at radius 1 is 1.39 bits per heavy atom. The maximum Gasteiger partial charge on any atom is 0.0749 e. The van der Waals surface area contributed by atoms with E-state index in [2.05, 4.69) is 34.2 Å². The zero-order valence-corrected chi connectivity index (χ0v) is 14.5. The van der Waals surface area contributed by atoms with E-state index in [1.165, 1.54) is 22.6 Å². The third-order valence-corrected chi connectivity index (χ3v) is 6.91. The average molecular weight is 331 g/mol. The Bertz CT molecular complexity index is 653. The van der Waals surface area contributed by atoms with Crippen molar-refractivity contribution in [2.45, 2.75) is 44.8 Å². The number of nitrogens with one attached hydrogen (secondary N) is 1. The lowest BCUT2D eigenvalue weighted by atomic mass is 9.69. The lowest BCUT2D eigenvalue weighted by Crippen LogP contribution is -2.44. The number of thiophene rings is 1. The summed E-state index contributed by atoms with van der Waals surface area (Å²) in [5.41, 5.74) is 0.672. The minimum Gasteiger partial charge on any atom is -0.390 e. The molecular weight excluding hydrogens is 306 g/mol. The van der Waals surface area contributed by atoms with Crippen molar-refractivity contribution >= 4 is 11.3 Å². The van der Waals surface area contributed by atoms with Crippen molar-refractivity contribution in [3.05, 3.63) is 29.3 Å². The van der Waals surface area contributed by atoms with Crippen LogP contribution in [0.15, 0.2) is 24.4 Å². The fourth-order valence-electron chi connectivity index (χ4n) is 4.51. The number of aliphatic hydroxyl groups is 1. The smallest absolute Gasteiger partial charge is 0.0749 e. The molecule has 5 heteroatoms. The van der Waals surface area contributed by atoms with Gasteiger partial charge in [-0.05, 0) is 43.4 Å². The fraction of sp³-hybridized carbons (Fsp3) is 0.611. The van der Waals surface area contributed by atoms with E-state index in [4.69, 9.17) is 0 Å². The zero-order chi connectivity index (χ0) is 15.9. The molecule has 23 heavy (non-hydrogen) atoms. The molecule has 1 saturated carbocycles. The third-order valence-electron chi connectivity index (χ3n) is 5.81. The zero-order valence-electron chi connectivity index (χ0n) is 13.7. The summed E-state index contributed by atoms with van der Waals surface area (Å²) in [4.78, 5) is 5.19. The van der Waals surface area contributed by atoms with Gasteiger partial charge in [0.1, 0.15) is 0 Å². The van der Waals surface area contributed by atoms with Crippen LogP contribution in [-0.4, -0.2) is 38.9 Å². The van der Waals surface area contributed by atoms with Crippen LogP contribution in [0, 0.1) is 11.8 Å². The third kappa shape index (κ3) is 2.86. The Labute approximate surface area is 141 Å². The molecule has 2 aliphatic rings. The van der Waals surface area contributed by atoms with E-state index in [9.17, 15) is 5.11 Å². The summed E-state index contributed by atoms with van der Waals surface area (Å²) < 4.78 is 0. The molecule has 124 valence electrons. The summed E-state index contributed by atoms with van der Waals surface area (Å²) in [6.45, 7) is 5.34. The standard InChI is InChI=1S/C18H25N3OS/c1-2-18(22)8-3-4-13-10-21(12-15(13)18)11-14-5-6-17(23-14)16-7-9-19-20-16/h5-7,9,13,15,22H,2-4,8,10-12H2,1H3,(H,19,20)/t13-,15+,18-/m0/s1. The molecule has 3 heterocycles. The Hall–Kier alpha value is -1.17. The van der Waals surface area contributed by atoms with Crippen LogP contribution < -0.4 is 0 Å². The van der Waals surface area contributed by atoms with Crippen LogP contribution in [0.1, 0.15) is 37.5 Å². The van der Waals surface area contributed by atoms with E-state index in [1.807, 2.05) is 17.4 Å². The van der Waals surface area contributed by atoms with Crippen LogP contribution in [0.3, 0.4) is 0 Å². The van der Waals surface area contributed by atoms with Gasteiger partial charge in [0.15, 0.2) is 0 Å². The molecule has 1 aliphatic carbocycles. The van der Waals surface area contributed by atoms with Gasteiger partial charge in [0.05, 0.1) is 16.2 Å². The second kappa shape index (κ2) is 6.04. The SMILES string of the molecule is CC[C@]1(O)CCC[C@H]2CN(Cc3ccc(-c4ccn[nH]4)s3)C[C@H]21. The normalized spacial score (nSPS) is 31.4. The van der Waals surface area contributed by atoms with Crippen LogP contribution >= 0.6 is 11.3 Å². The van der Waals surface area contributed by atoms with Gasteiger partial charge in [-0.3, -0.25) is 10.00 Å². The van der Waals surface area contributed by atoms with Gasteiger partial charge < -0.3 is 5.11 Å². The maximum atomic E-state index is 10.9. The highest BCUT2D eigenvalue weighted by molar-refractivity contribution is 7.15. The highest BCUT2D eigenvalue weighted by Crippen LogP contribution is 2.44. The largest absolute Gasteiger partial charge is 0.390 e. The lowest BCUT2D eigenvalue weighted by molar-refractivity contribution is -0.0613. The second-order valence-corrected chi connectivity index (χ2v) is 8.31. The van der Waals surface area contributed by atoms with Crippen molar-refractivity contribution in [1.29, 1.82) is 0 Å². The van der Waals surface area contributed by atoms with Crippen molar-refractivity contribution in [1.82, 2.24) is 15.1 Å². The van der Waals surface area contributed by atoms with Gasteiger partial charge in [-0.2, -0.15) is 5.10 Å². The summed E-state index contributed by atoms with van der Waals surface area (Å²) in [5, 5.41) is 18.0. The molecule has 1 saturated heterocycles. The van der Waals surface area contributed by atoms with Crippen LogP contribution in [-0.2, 0) is 6.54 Å². The molecule has 2 aromatic heterocycles. The molecule has 2 aromatic rings. The van der Waals surface area contributed by atoms with E-state index < -0.39 is 5.60 Å². The van der Waals surface area contributed by atoms with Gasteiger partial charge in [0, 0.05) is 36.6 Å². The molecule has 0 bridgehead atoms. The first-order valence-corrected chi connectivity index (χ1v) is 9.53. The van der Waals surface area contributed by atoms with E-state index in [0.29, 0.717) is 11.8 Å². The predicted octanol–water partition coefficient (Wildman–Crippen LogP) is 3.51. The number of hydrogen-bond donors (Lipinski definition) is 2. The highest BCUT2D eigenvalue weighted by atomic mass is 32.1. The topological polar surface area (TPSA) is 52.1 Å². The summed E-state index contributed by atoms with van der Waals surface area (Å²) in [5.74, 6) is 1.15. The Balaban J connectivity index is 1.44. The first-order valence-electron chi connectivity index (χ1n) is 8.71. The number of fused-ring (bicyclic) bond motifs is 1. The number of aromatic nitrogens is 2. The molecule has 0 unspecified atom stereocenters. The Morgan fingerprint density at radius 3 is 3.09 bits per heavy atom. The van der Waals surface area contributed by atoms with Crippen LogP contribution in [0.5, 0.6) is 0 Å². The molecule has 4 nitrogen and oxygen atoms in total. The lowest BCUT2D eigenvalue weighted by Gasteiger charge is -2.40. The fourth-order valence-corrected chi connectivity index (χ4v) is 5.53. The van der Waals surface area contributed by atoms with Gasteiger partial charge >= 0.3 is 0 Å². The van der Waals surface area contributed by atoms with Crippen LogP contribution in [0.25, 0.3) is 10.6 Å². The number of likely N-dealkylation sites (tertiary alicyclic amines) is 1. The minimum absolute atomic E-state index is 0.422. The molecule has 0 radical (unpaired) electrons. The van der Waals surface area contributed by atoms with Crippen LogP contribution in [0.4, 0.5) is 0 Å². The first-order chi connectivity index (χ1) is 11.2. The summed E-state index contributed by atoms with van der Waals surface area (Å²) in [6, 6.07) is 6.43. The van der Waals surface area contributed by atoms with Gasteiger partial charge in [0.2, 0.25) is 0 Å². The van der Waals surface area contributed by atoms with Crippen LogP contribution in [0.2, 0.25) is 0 Å². The number of aromatic amines is 1. The molecule has 0 amide bonds. The summed E-state index contributed by atoms with van der Waals surface area (Å²) >= 11 is 1.84. The summed E-state index contributed by atoms with van der Waals surface area (Å²) in [7, 11) is 0. The van der Waals surface area contributed by atoms with Crippen molar-refractivity contribution in [3.8, 4) is 10.6 Å². The van der Waals surface area contributed by atoms with Gasteiger partial charge in [-0.25, -0.2) is 0 Å². The number of hydrogen-bond acceptors (Lipinski definition) is 4. The van der Waals surface area contributed by atoms with Gasteiger partial charge in [-0.1, -0.05) is 13.3 Å². The molecule has 0 aromatic carbocycles. The van der Waals surface area contributed by atoms with Crippen molar-refractivity contribution in [3.63, 3.8) is 0 Å². The van der Waals surface area contributed by atoms with Crippen molar-refractivity contribution in [2.24, 2.45) is 11.8 Å². The molecule has 1 aliphatic heterocycles. The second-order valence-electron chi connectivity index (χ2n) is 7.15. The molecule has 3 atom stereocenters. The molecule has 4 rings (SSSR count). The summed E-state index contributed by atoms with van der Waals surface area (Å²) in [6.07, 6.45) is 6.15. The quantitative estimate of drug-likeness (QED) is 0.901. The molecule has 2 fully saturated rings.